The van der Waals surface area contributed by atoms with E-state index >= 15 is 0 Å². The van der Waals surface area contributed by atoms with E-state index < -0.39 is 9.84 Å². The van der Waals surface area contributed by atoms with E-state index in [1.807, 2.05) is 36.4 Å². The lowest BCUT2D eigenvalue weighted by molar-refractivity contribution is -0.120. The van der Waals surface area contributed by atoms with Crippen molar-refractivity contribution in [2.45, 2.75) is 37.1 Å². The molecule has 1 aliphatic rings. The standard InChI is InChI=1S/C21H22N4O3S/c26-21(22-14-20-24-23-15-25(20)18-7-2-1-3-8-18)11-12-29(27,28)19-10-9-16-5-4-6-17(16)13-19/h1-3,7-10,13,15H,4-6,11-12,14H2,(H,22,26). The molecule has 3 aromatic rings. The number of aryl methyl sites for hydroxylation is 2. The first-order chi connectivity index (χ1) is 14.0. The highest BCUT2D eigenvalue weighted by Crippen LogP contribution is 2.25. The van der Waals surface area contributed by atoms with E-state index in [-0.39, 0.29) is 24.6 Å². The topological polar surface area (TPSA) is 93.9 Å². The summed E-state index contributed by atoms with van der Waals surface area (Å²) in [4.78, 5) is 12.5. The van der Waals surface area contributed by atoms with E-state index in [0.29, 0.717) is 10.7 Å². The van der Waals surface area contributed by atoms with Crippen LogP contribution < -0.4 is 5.32 Å². The molecule has 2 aromatic carbocycles. The Morgan fingerprint density at radius 1 is 1.07 bits per heavy atom. The Hall–Kier alpha value is -3.00. The summed E-state index contributed by atoms with van der Waals surface area (Å²) in [5, 5.41) is 10.7. The first-order valence-corrected chi connectivity index (χ1v) is 11.2. The molecule has 0 saturated heterocycles. The van der Waals surface area contributed by atoms with Crippen molar-refractivity contribution in [3.8, 4) is 5.69 Å². The van der Waals surface area contributed by atoms with Crippen molar-refractivity contribution in [1.29, 1.82) is 0 Å². The maximum Gasteiger partial charge on any atom is 0.221 e. The number of rotatable bonds is 7. The molecule has 150 valence electrons. The maximum atomic E-state index is 12.6. The molecule has 29 heavy (non-hydrogen) atoms. The number of nitrogens with one attached hydrogen (secondary N) is 1. The molecule has 8 heteroatoms. The van der Waals surface area contributed by atoms with Gasteiger partial charge in [-0.2, -0.15) is 0 Å². The Morgan fingerprint density at radius 3 is 2.69 bits per heavy atom. The number of hydrogen-bond donors (Lipinski definition) is 1. The molecule has 0 atom stereocenters. The molecule has 0 unspecified atom stereocenters. The number of fused-ring (bicyclic) bond motifs is 1. The van der Waals surface area contributed by atoms with Gasteiger partial charge in [0.15, 0.2) is 15.7 Å². The molecule has 4 rings (SSSR count). The van der Waals surface area contributed by atoms with Crippen LogP contribution in [-0.2, 0) is 34.0 Å². The molecule has 0 radical (unpaired) electrons. The lowest BCUT2D eigenvalue weighted by atomic mass is 10.1. The van der Waals surface area contributed by atoms with Gasteiger partial charge in [0.2, 0.25) is 5.91 Å². The molecule has 7 nitrogen and oxygen atoms in total. The van der Waals surface area contributed by atoms with Crippen LogP contribution in [0.4, 0.5) is 0 Å². The van der Waals surface area contributed by atoms with E-state index in [2.05, 4.69) is 15.5 Å². The van der Waals surface area contributed by atoms with E-state index in [4.69, 9.17) is 0 Å². The van der Waals surface area contributed by atoms with Crippen molar-refractivity contribution < 1.29 is 13.2 Å². The van der Waals surface area contributed by atoms with Gasteiger partial charge in [0.05, 0.1) is 17.2 Å². The third-order valence-corrected chi connectivity index (χ3v) is 6.84. The fourth-order valence-corrected chi connectivity index (χ4v) is 4.82. The Morgan fingerprint density at radius 2 is 1.86 bits per heavy atom. The highest BCUT2D eigenvalue weighted by atomic mass is 32.2. The lowest BCUT2D eigenvalue weighted by Gasteiger charge is -2.09. The van der Waals surface area contributed by atoms with Gasteiger partial charge in [0.25, 0.3) is 0 Å². The zero-order chi connectivity index (χ0) is 20.3. The van der Waals surface area contributed by atoms with E-state index in [9.17, 15) is 13.2 Å². The fraction of sp³-hybridized carbons (Fsp3) is 0.286. The second-order valence-electron chi connectivity index (χ2n) is 7.08. The van der Waals surface area contributed by atoms with Crippen LogP contribution >= 0.6 is 0 Å². The van der Waals surface area contributed by atoms with Gasteiger partial charge in [-0.15, -0.1) is 10.2 Å². The number of aromatic nitrogens is 3. The summed E-state index contributed by atoms with van der Waals surface area (Å²) in [7, 11) is -3.49. The van der Waals surface area contributed by atoms with Crippen molar-refractivity contribution >= 4 is 15.7 Å². The number of amides is 1. The summed E-state index contributed by atoms with van der Waals surface area (Å²) in [6.07, 6.45) is 4.47. The van der Waals surface area contributed by atoms with Gasteiger partial charge in [0.1, 0.15) is 6.33 Å². The predicted octanol–water partition coefficient (Wildman–Crippen LogP) is 2.24. The van der Waals surface area contributed by atoms with Crippen LogP contribution in [0, 0.1) is 0 Å². The van der Waals surface area contributed by atoms with Crippen molar-refractivity contribution in [1.82, 2.24) is 20.1 Å². The van der Waals surface area contributed by atoms with Gasteiger partial charge in [-0.25, -0.2) is 8.42 Å². The Kier molecular flexibility index (Phi) is 5.44. The Bertz CT molecular complexity index is 1120. The van der Waals surface area contributed by atoms with E-state index in [1.54, 1.807) is 23.0 Å². The van der Waals surface area contributed by atoms with Gasteiger partial charge in [-0.3, -0.25) is 9.36 Å². The minimum absolute atomic E-state index is 0.0983. The number of nitrogens with zero attached hydrogens (tertiary/aromatic N) is 3. The first kappa shape index (κ1) is 19.3. The smallest absolute Gasteiger partial charge is 0.221 e. The van der Waals surface area contributed by atoms with Crippen LogP contribution in [0.2, 0.25) is 0 Å². The SMILES string of the molecule is O=C(CCS(=O)(=O)c1ccc2c(c1)CCC2)NCc1nncn1-c1ccccc1. The van der Waals surface area contributed by atoms with Crippen molar-refractivity contribution in [2.24, 2.45) is 0 Å². The molecule has 1 aliphatic carbocycles. The molecule has 0 fully saturated rings. The van der Waals surface area contributed by atoms with Gasteiger partial charge in [0, 0.05) is 12.1 Å². The second kappa shape index (κ2) is 8.16. The van der Waals surface area contributed by atoms with Crippen LogP contribution in [0.3, 0.4) is 0 Å². The third kappa shape index (κ3) is 4.37. The number of para-hydroxylation sites is 1. The predicted molar refractivity (Wildman–Crippen MR) is 108 cm³/mol. The maximum absolute atomic E-state index is 12.6. The number of sulfone groups is 1. The summed E-state index contributed by atoms with van der Waals surface area (Å²) < 4.78 is 27.0. The second-order valence-corrected chi connectivity index (χ2v) is 9.19. The van der Waals surface area contributed by atoms with Gasteiger partial charge < -0.3 is 5.32 Å². The summed E-state index contributed by atoms with van der Waals surface area (Å²) in [5.74, 6) is 0.0200. The van der Waals surface area contributed by atoms with Gasteiger partial charge >= 0.3 is 0 Å². The molecule has 0 saturated carbocycles. The highest BCUT2D eigenvalue weighted by Gasteiger charge is 2.20. The van der Waals surface area contributed by atoms with Crippen LogP contribution in [0.15, 0.2) is 59.8 Å². The fourth-order valence-electron chi connectivity index (χ4n) is 3.54. The highest BCUT2D eigenvalue weighted by molar-refractivity contribution is 7.91. The average Bonchev–Trinajstić information content (AvgIpc) is 3.40. The van der Waals surface area contributed by atoms with E-state index in [1.165, 1.54) is 5.56 Å². The molecule has 1 N–H and O–H groups in total. The number of benzene rings is 2. The Labute approximate surface area is 169 Å². The number of hydrogen-bond acceptors (Lipinski definition) is 5. The average molecular weight is 410 g/mol. The van der Waals surface area contributed by atoms with Crippen molar-refractivity contribution in [3.63, 3.8) is 0 Å². The van der Waals surface area contributed by atoms with Crippen LogP contribution in [-0.4, -0.2) is 34.8 Å². The molecule has 1 aromatic heterocycles. The number of carbonyl (C=O) groups excluding carboxylic acids is 1. The zero-order valence-electron chi connectivity index (χ0n) is 15.9. The summed E-state index contributed by atoms with van der Waals surface area (Å²) in [6, 6.07) is 14.9. The lowest BCUT2D eigenvalue weighted by Crippen LogP contribution is -2.26. The summed E-state index contributed by atoms with van der Waals surface area (Å²) in [6.45, 7) is 0.173. The first-order valence-electron chi connectivity index (χ1n) is 9.58. The number of carbonyl (C=O) groups is 1. The zero-order valence-corrected chi connectivity index (χ0v) is 16.7. The minimum Gasteiger partial charge on any atom is -0.349 e. The summed E-state index contributed by atoms with van der Waals surface area (Å²) in [5.41, 5.74) is 3.22. The molecule has 1 heterocycles. The molecule has 0 spiro atoms. The third-order valence-electron chi connectivity index (χ3n) is 5.12. The summed E-state index contributed by atoms with van der Waals surface area (Å²) >= 11 is 0. The van der Waals surface area contributed by atoms with E-state index in [0.717, 1.165) is 30.5 Å². The van der Waals surface area contributed by atoms with Gasteiger partial charge in [-0.1, -0.05) is 24.3 Å². The molecule has 0 bridgehead atoms. The normalized spacial score (nSPS) is 13.2. The quantitative estimate of drug-likeness (QED) is 0.645. The van der Waals surface area contributed by atoms with Gasteiger partial charge in [-0.05, 0) is 54.7 Å². The molecular weight excluding hydrogens is 388 g/mol. The van der Waals surface area contributed by atoms with Crippen molar-refractivity contribution in [2.75, 3.05) is 5.75 Å². The largest absolute Gasteiger partial charge is 0.349 e. The van der Waals surface area contributed by atoms with Crippen LogP contribution in [0.25, 0.3) is 5.69 Å². The molecule has 0 aliphatic heterocycles. The van der Waals surface area contributed by atoms with Crippen LogP contribution in [0.1, 0.15) is 29.8 Å². The molecular formula is C21H22N4O3S. The monoisotopic (exact) mass is 410 g/mol. The minimum atomic E-state index is -3.49. The van der Waals surface area contributed by atoms with Crippen LogP contribution in [0.5, 0.6) is 0 Å². The van der Waals surface area contributed by atoms with Crippen molar-refractivity contribution in [3.05, 3.63) is 71.8 Å². The Balaban J connectivity index is 1.35. The molecule has 1 amide bonds.